The van der Waals surface area contributed by atoms with Crippen LogP contribution in [0.15, 0.2) is 0 Å². The van der Waals surface area contributed by atoms with Gasteiger partial charge in [-0.3, -0.25) is 0 Å². The van der Waals surface area contributed by atoms with Gasteiger partial charge in [-0.2, -0.15) is 0 Å². The van der Waals surface area contributed by atoms with Crippen molar-refractivity contribution in [2.24, 2.45) is 0 Å². The van der Waals surface area contributed by atoms with E-state index in [1.165, 1.54) is 103 Å². The Morgan fingerprint density at radius 2 is 0.857 bits per heavy atom. The van der Waals surface area contributed by atoms with Crippen LogP contribution in [0.25, 0.3) is 0 Å². The number of rotatable bonds is 16. The van der Waals surface area contributed by atoms with Crippen LogP contribution in [0.3, 0.4) is 0 Å². The van der Waals surface area contributed by atoms with E-state index < -0.39 is 0 Å². The van der Waals surface area contributed by atoms with Gasteiger partial charge in [0, 0.05) is 6.42 Å². The Hall–Kier alpha value is -0.0100. The van der Waals surface area contributed by atoms with Crippen molar-refractivity contribution >= 4 is 9.24 Å². The van der Waals surface area contributed by atoms with Crippen LogP contribution in [0.4, 0.5) is 0 Å². The summed E-state index contributed by atoms with van der Waals surface area (Å²) in [6, 6.07) is 0. The highest BCUT2D eigenvalue weighted by molar-refractivity contribution is 7.23. The summed E-state index contributed by atoms with van der Waals surface area (Å²) in [7, 11) is 3.89. The minimum atomic E-state index is 1.03. The molecule has 0 rings (SSSR count). The van der Waals surface area contributed by atoms with Gasteiger partial charge < -0.3 is 0 Å². The largest absolute Gasteiger partial charge is 0.0979 e. The summed E-state index contributed by atoms with van der Waals surface area (Å²) < 4.78 is 0. The molecule has 0 saturated heterocycles. The van der Waals surface area contributed by atoms with Gasteiger partial charge in [-0.25, -0.2) is 0 Å². The molecule has 0 N–H and O–H groups in total. The summed E-state index contributed by atoms with van der Waals surface area (Å²) >= 11 is 0. The van der Waals surface area contributed by atoms with Gasteiger partial charge in [0.15, 0.2) is 0 Å². The van der Waals surface area contributed by atoms with Gasteiger partial charge in [-0.1, -0.05) is 115 Å². The lowest BCUT2D eigenvalue weighted by molar-refractivity contribution is 0.530. The van der Waals surface area contributed by atoms with Crippen molar-refractivity contribution < 1.29 is 0 Å². The van der Waals surface area contributed by atoms with Crippen LogP contribution in [0, 0.1) is 11.6 Å². The van der Waals surface area contributed by atoms with Crippen LogP contribution >= 0.6 is 9.24 Å². The molecule has 0 aliphatic heterocycles. The highest BCUT2D eigenvalue weighted by atomic mass is 31.0. The normalized spacial score (nSPS) is 10.4. The quantitative estimate of drug-likeness (QED) is 0.154. The van der Waals surface area contributed by atoms with E-state index in [4.69, 9.17) is 0 Å². The number of hydrogen-bond acceptors (Lipinski definition) is 0. The Morgan fingerprint density at radius 3 is 1.19 bits per heavy atom. The molecule has 0 heterocycles. The number of hydrogen-bond donors (Lipinski definition) is 0. The van der Waals surface area contributed by atoms with Gasteiger partial charge in [-0.05, 0) is 6.42 Å². The van der Waals surface area contributed by atoms with Gasteiger partial charge in [0.25, 0.3) is 0 Å². The Kier molecular flexibility index (Phi) is 20.0. The predicted octanol–water partition coefficient (Wildman–Crippen LogP) is 8.01. The highest BCUT2D eigenvalue weighted by Gasteiger charge is 1.94. The summed E-state index contributed by atoms with van der Waals surface area (Å²) in [5.74, 6) is 3.01. The monoisotopic (exact) mass is 308 g/mol. The van der Waals surface area contributed by atoms with Crippen LogP contribution in [0.5, 0.6) is 0 Å². The maximum atomic E-state index is 3.89. The third-order valence-corrected chi connectivity index (χ3v) is 4.39. The minimum absolute atomic E-state index is 1.03. The van der Waals surface area contributed by atoms with Crippen molar-refractivity contribution in [3.05, 3.63) is 0 Å². The second-order valence-corrected chi connectivity index (χ2v) is 6.57. The standard InChI is InChI=1S/C20H37P/c1-2-3-4-5-6-7-8-9-10-11-12-13-14-15-16-17-18-19-20-21/h2-18H2,1H3. The van der Waals surface area contributed by atoms with Crippen LogP contribution < -0.4 is 0 Å². The van der Waals surface area contributed by atoms with Crippen LogP contribution in [0.2, 0.25) is 0 Å². The average Bonchev–Trinajstić information content (AvgIpc) is 2.50. The first kappa shape index (κ1) is 21.0. The van der Waals surface area contributed by atoms with E-state index >= 15 is 0 Å². The molecule has 0 spiro atoms. The van der Waals surface area contributed by atoms with E-state index in [0.717, 1.165) is 6.42 Å². The topological polar surface area (TPSA) is 0 Å². The summed E-state index contributed by atoms with van der Waals surface area (Å²) in [6.07, 6.45) is 23.9. The molecule has 2 radical (unpaired) electrons. The Labute approximate surface area is 137 Å². The Morgan fingerprint density at radius 1 is 0.524 bits per heavy atom. The first-order valence-electron chi connectivity index (χ1n) is 9.53. The lowest BCUT2D eigenvalue weighted by Crippen LogP contribution is -1.83. The third-order valence-electron chi connectivity index (χ3n) is 4.23. The molecule has 0 atom stereocenters. The fraction of sp³-hybridized carbons (Fsp3) is 0.900. The molecule has 0 unspecified atom stereocenters. The summed E-state index contributed by atoms with van der Waals surface area (Å²) in [4.78, 5) is 0. The van der Waals surface area contributed by atoms with Gasteiger partial charge in [0.05, 0.1) is 9.24 Å². The maximum Gasteiger partial charge on any atom is 0.0586 e. The van der Waals surface area contributed by atoms with Crippen molar-refractivity contribution in [1.29, 1.82) is 0 Å². The van der Waals surface area contributed by atoms with Gasteiger partial charge >= 0.3 is 0 Å². The van der Waals surface area contributed by atoms with E-state index in [1.54, 1.807) is 0 Å². The van der Waals surface area contributed by atoms with Gasteiger partial charge in [0.2, 0.25) is 0 Å². The van der Waals surface area contributed by atoms with Crippen molar-refractivity contribution in [3.63, 3.8) is 0 Å². The van der Waals surface area contributed by atoms with Crippen molar-refractivity contribution in [1.82, 2.24) is 0 Å². The molecule has 0 aliphatic rings. The Balaban J connectivity index is 2.94. The Bertz CT molecular complexity index is 236. The molecule has 0 saturated carbocycles. The molecule has 0 aromatic carbocycles. The predicted molar refractivity (Wildman–Crippen MR) is 98.9 cm³/mol. The van der Waals surface area contributed by atoms with Crippen molar-refractivity contribution in [2.75, 3.05) is 0 Å². The first-order valence-corrected chi connectivity index (χ1v) is 9.98. The van der Waals surface area contributed by atoms with E-state index in [0.29, 0.717) is 0 Å². The lowest BCUT2D eigenvalue weighted by atomic mass is 10.0. The molecule has 0 aliphatic carbocycles. The molecule has 0 fully saturated rings. The molecular formula is C20H37P. The summed E-state index contributed by atoms with van der Waals surface area (Å²) in [5.41, 5.74) is 2.66. The van der Waals surface area contributed by atoms with Crippen LogP contribution in [-0.4, -0.2) is 0 Å². The van der Waals surface area contributed by atoms with Gasteiger partial charge in [-0.15, -0.1) is 0 Å². The smallest absolute Gasteiger partial charge is 0.0586 e. The zero-order valence-electron chi connectivity index (χ0n) is 14.5. The molecule has 0 aromatic rings. The molecule has 21 heavy (non-hydrogen) atoms. The molecule has 122 valence electrons. The van der Waals surface area contributed by atoms with E-state index in [2.05, 4.69) is 27.7 Å². The number of unbranched alkanes of at least 4 members (excludes halogenated alkanes) is 16. The van der Waals surface area contributed by atoms with E-state index in [-0.39, 0.29) is 0 Å². The molecule has 0 amide bonds. The van der Waals surface area contributed by atoms with E-state index in [9.17, 15) is 0 Å². The van der Waals surface area contributed by atoms with Crippen molar-refractivity contribution in [3.8, 4) is 11.6 Å². The third kappa shape index (κ3) is 20.0. The van der Waals surface area contributed by atoms with Crippen LogP contribution in [-0.2, 0) is 0 Å². The fourth-order valence-corrected chi connectivity index (χ4v) is 2.93. The molecule has 1 heteroatoms. The summed E-state index contributed by atoms with van der Waals surface area (Å²) in [6.45, 7) is 2.29. The minimum Gasteiger partial charge on any atom is -0.0979 e. The average molecular weight is 308 g/mol. The SMILES string of the molecule is CCCCCCCCCCCCCCCCCCC#C[P]. The zero-order valence-corrected chi connectivity index (χ0v) is 15.4. The van der Waals surface area contributed by atoms with Gasteiger partial charge in [0.1, 0.15) is 0 Å². The maximum absolute atomic E-state index is 3.89. The molecule has 0 bridgehead atoms. The summed E-state index contributed by atoms with van der Waals surface area (Å²) in [5, 5.41) is 0. The fourth-order valence-electron chi connectivity index (χ4n) is 2.82. The first-order chi connectivity index (χ1) is 10.4. The second kappa shape index (κ2) is 20.0. The molecule has 0 aromatic heterocycles. The van der Waals surface area contributed by atoms with Crippen LogP contribution in [0.1, 0.15) is 116 Å². The lowest BCUT2D eigenvalue weighted by Gasteiger charge is -2.03. The molecular weight excluding hydrogens is 271 g/mol. The second-order valence-electron chi connectivity index (χ2n) is 6.34. The highest BCUT2D eigenvalue weighted by Crippen LogP contribution is 2.13. The van der Waals surface area contributed by atoms with Crippen molar-refractivity contribution in [2.45, 2.75) is 116 Å². The molecule has 0 nitrogen and oxygen atoms in total. The zero-order chi connectivity index (χ0) is 15.4. The van der Waals surface area contributed by atoms with E-state index in [1.807, 2.05) is 0 Å².